The SMILES string of the molecule is NC(=O)c1oc(-c2ccccc2)nc1CCCc1ccc(CC(C=O)n2cccc2)cc1. The molecule has 6 nitrogen and oxygen atoms in total. The Kier molecular flexibility index (Phi) is 6.60. The van der Waals surface area contributed by atoms with Crippen LogP contribution in [0.2, 0.25) is 0 Å². The number of carbonyl (C=O) groups excluding carboxylic acids is 2. The van der Waals surface area contributed by atoms with E-state index in [0.29, 0.717) is 24.4 Å². The highest BCUT2D eigenvalue weighted by molar-refractivity contribution is 5.91. The molecule has 0 aliphatic rings. The zero-order valence-electron chi connectivity index (χ0n) is 17.7. The number of rotatable bonds is 10. The van der Waals surface area contributed by atoms with Crippen molar-refractivity contribution in [3.8, 4) is 11.5 Å². The largest absolute Gasteiger partial charge is 0.431 e. The summed E-state index contributed by atoms with van der Waals surface area (Å²) in [5.41, 5.74) is 9.19. The number of aromatic nitrogens is 2. The minimum atomic E-state index is -0.605. The standard InChI is InChI=1S/C26H25N3O3/c27-25(31)24-23(28-26(32-24)21-8-2-1-3-9-21)10-6-7-19-11-13-20(14-12-19)17-22(18-30)29-15-4-5-16-29/h1-5,8-9,11-16,18,22H,6-7,10,17H2,(H2,27,31). The molecule has 0 radical (unpaired) electrons. The molecule has 0 saturated carbocycles. The van der Waals surface area contributed by atoms with E-state index < -0.39 is 5.91 Å². The minimum absolute atomic E-state index is 0.129. The minimum Gasteiger partial charge on any atom is -0.431 e. The molecule has 0 bridgehead atoms. The molecule has 0 spiro atoms. The van der Waals surface area contributed by atoms with Gasteiger partial charge in [-0.15, -0.1) is 0 Å². The van der Waals surface area contributed by atoms with Crippen molar-refractivity contribution in [2.75, 3.05) is 0 Å². The van der Waals surface area contributed by atoms with Gasteiger partial charge in [-0.25, -0.2) is 4.98 Å². The van der Waals surface area contributed by atoms with Crippen LogP contribution in [-0.4, -0.2) is 21.7 Å². The summed E-state index contributed by atoms with van der Waals surface area (Å²) < 4.78 is 7.56. The highest BCUT2D eigenvalue weighted by Gasteiger charge is 2.18. The number of aryl methyl sites for hydroxylation is 2. The summed E-state index contributed by atoms with van der Waals surface area (Å²) in [6.07, 6.45) is 7.67. The number of hydrogen-bond acceptors (Lipinski definition) is 4. The Hall–Kier alpha value is -3.93. The van der Waals surface area contributed by atoms with Crippen LogP contribution in [0, 0.1) is 0 Å². The Labute approximate surface area is 186 Å². The number of hydrogen-bond donors (Lipinski definition) is 1. The lowest BCUT2D eigenvalue weighted by Crippen LogP contribution is -2.12. The molecule has 4 aromatic rings. The second-order valence-electron chi connectivity index (χ2n) is 7.73. The Morgan fingerprint density at radius 1 is 0.969 bits per heavy atom. The second kappa shape index (κ2) is 9.92. The molecule has 1 amide bonds. The van der Waals surface area contributed by atoms with Crippen LogP contribution in [0.4, 0.5) is 0 Å². The smallest absolute Gasteiger partial charge is 0.286 e. The molecule has 1 unspecified atom stereocenters. The maximum atomic E-state index is 11.8. The molecule has 0 saturated heterocycles. The topological polar surface area (TPSA) is 91.1 Å². The predicted molar refractivity (Wildman–Crippen MR) is 122 cm³/mol. The third-order valence-electron chi connectivity index (χ3n) is 5.46. The van der Waals surface area contributed by atoms with Gasteiger partial charge < -0.3 is 19.5 Å². The molecule has 1 atom stereocenters. The number of aldehydes is 1. The van der Waals surface area contributed by atoms with Gasteiger partial charge in [0.1, 0.15) is 6.29 Å². The number of nitrogens with two attached hydrogens (primary N) is 1. The molecular formula is C26H25N3O3. The molecule has 0 fully saturated rings. The van der Waals surface area contributed by atoms with Crippen LogP contribution >= 0.6 is 0 Å². The third-order valence-corrected chi connectivity index (χ3v) is 5.46. The molecule has 32 heavy (non-hydrogen) atoms. The van der Waals surface area contributed by atoms with Gasteiger partial charge in [-0.05, 0) is 61.1 Å². The van der Waals surface area contributed by atoms with Gasteiger partial charge in [0.15, 0.2) is 0 Å². The first-order chi connectivity index (χ1) is 15.6. The van der Waals surface area contributed by atoms with E-state index in [1.807, 2.05) is 59.4 Å². The van der Waals surface area contributed by atoms with E-state index in [0.717, 1.165) is 30.3 Å². The fraction of sp³-hybridized carbons (Fsp3) is 0.192. The molecule has 2 aromatic carbocycles. The van der Waals surface area contributed by atoms with Crippen LogP contribution in [0.3, 0.4) is 0 Å². The van der Waals surface area contributed by atoms with Gasteiger partial charge in [-0.3, -0.25) is 4.79 Å². The molecule has 0 aliphatic carbocycles. The van der Waals surface area contributed by atoms with Crippen LogP contribution < -0.4 is 5.73 Å². The second-order valence-corrected chi connectivity index (χ2v) is 7.73. The summed E-state index contributed by atoms with van der Waals surface area (Å²) in [6.45, 7) is 0. The number of nitrogens with zero attached hydrogens (tertiary/aromatic N) is 2. The highest BCUT2D eigenvalue weighted by Crippen LogP contribution is 2.23. The average molecular weight is 428 g/mol. The van der Waals surface area contributed by atoms with Crippen LogP contribution in [0.25, 0.3) is 11.5 Å². The number of oxazole rings is 1. The summed E-state index contributed by atoms with van der Waals surface area (Å²) in [5, 5.41) is 0. The van der Waals surface area contributed by atoms with Crippen LogP contribution in [0.1, 0.15) is 39.8 Å². The number of amides is 1. The van der Waals surface area contributed by atoms with Crippen molar-refractivity contribution in [2.24, 2.45) is 5.73 Å². The summed E-state index contributed by atoms with van der Waals surface area (Å²) in [7, 11) is 0. The molecular weight excluding hydrogens is 402 g/mol. The monoisotopic (exact) mass is 427 g/mol. The Morgan fingerprint density at radius 2 is 1.66 bits per heavy atom. The zero-order chi connectivity index (χ0) is 22.3. The molecule has 6 heteroatoms. The molecule has 162 valence electrons. The zero-order valence-corrected chi connectivity index (χ0v) is 17.7. The maximum absolute atomic E-state index is 11.8. The highest BCUT2D eigenvalue weighted by atomic mass is 16.4. The quantitative estimate of drug-likeness (QED) is 0.380. The maximum Gasteiger partial charge on any atom is 0.286 e. The normalized spacial score (nSPS) is 11.9. The lowest BCUT2D eigenvalue weighted by atomic mass is 10.0. The van der Waals surface area contributed by atoms with Crippen LogP contribution in [-0.2, 0) is 24.1 Å². The predicted octanol–water partition coefficient (Wildman–Crippen LogP) is 4.40. The Bertz CT molecular complexity index is 1160. The Morgan fingerprint density at radius 3 is 2.31 bits per heavy atom. The summed E-state index contributed by atoms with van der Waals surface area (Å²) >= 11 is 0. The molecule has 2 aromatic heterocycles. The van der Waals surface area contributed by atoms with Crippen molar-refractivity contribution >= 4 is 12.2 Å². The van der Waals surface area contributed by atoms with E-state index in [9.17, 15) is 9.59 Å². The van der Waals surface area contributed by atoms with Crippen molar-refractivity contribution in [1.82, 2.24) is 9.55 Å². The van der Waals surface area contributed by atoms with E-state index in [2.05, 4.69) is 29.2 Å². The number of benzene rings is 2. The van der Waals surface area contributed by atoms with Gasteiger partial charge >= 0.3 is 0 Å². The fourth-order valence-corrected chi connectivity index (χ4v) is 3.75. The Balaban J connectivity index is 1.37. The summed E-state index contributed by atoms with van der Waals surface area (Å²) in [6, 6.07) is 21.4. The summed E-state index contributed by atoms with van der Waals surface area (Å²) in [5.74, 6) is -0.0678. The first-order valence-corrected chi connectivity index (χ1v) is 10.6. The van der Waals surface area contributed by atoms with Crippen molar-refractivity contribution in [3.63, 3.8) is 0 Å². The van der Waals surface area contributed by atoms with Crippen molar-refractivity contribution < 1.29 is 14.0 Å². The van der Waals surface area contributed by atoms with Gasteiger partial charge in [-0.1, -0.05) is 42.5 Å². The van der Waals surface area contributed by atoms with Gasteiger partial charge in [-0.2, -0.15) is 0 Å². The van der Waals surface area contributed by atoms with E-state index in [1.54, 1.807) is 0 Å². The first-order valence-electron chi connectivity index (χ1n) is 10.6. The van der Waals surface area contributed by atoms with Crippen LogP contribution in [0.5, 0.6) is 0 Å². The van der Waals surface area contributed by atoms with Gasteiger partial charge in [0.2, 0.25) is 11.7 Å². The molecule has 2 heterocycles. The van der Waals surface area contributed by atoms with Gasteiger partial charge in [0.25, 0.3) is 5.91 Å². The van der Waals surface area contributed by atoms with Gasteiger partial charge in [0, 0.05) is 18.0 Å². The fourth-order valence-electron chi connectivity index (χ4n) is 3.75. The lowest BCUT2D eigenvalue weighted by molar-refractivity contribution is -0.110. The number of carbonyl (C=O) groups is 2. The van der Waals surface area contributed by atoms with E-state index in [-0.39, 0.29) is 11.8 Å². The first kappa shape index (κ1) is 21.3. The van der Waals surface area contributed by atoms with E-state index in [4.69, 9.17) is 10.2 Å². The molecule has 0 aliphatic heterocycles. The average Bonchev–Trinajstić information content (AvgIpc) is 3.50. The molecule has 2 N–H and O–H groups in total. The third kappa shape index (κ3) is 5.03. The van der Waals surface area contributed by atoms with Crippen molar-refractivity contribution in [2.45, 2.75) is 31.7 Å². The van der Waals surface area contributed by atoms with E-state index >= 15 is 0 Å². The lowest BCUT2D eigenvalue weighted by Gasteiger charge is -2.12. The molecule has 4 rings (SSSR count). The van der Waals surface area contributed by atoms with Crippen molar-refractivity contribution in [1.29, 1.82) is 0 Å². The number of primary amides is 1. The van der Waals surface area contributed by atoms with Crippen LogP contribution in [0.15, 0.2) is 83.5 Å². The van der Waals surface area contributed by atoms with E-state index in [1.165, 1.54) is 5.56 Å². The van der Waals surface area contributed by atoms with Crippen molar-refractivity contribution in [3.05, 3.63) is 102 Å². The summed E-state index contributed by atoms with van der Waals surface area (Å²) in [4.78, 5) is 27.8. The van der Waals surface area contributed by atoms with Gasteiger partial charge in [0.05, 0.1) is 11.7 Å².